The standard InChI is InChI=1S/C28H43FN2O2Si/c1-7-8-18-32-25-11-9-10-22-23(31-20-30-19-24(31)26(22)25)14-17-28(29)15-12-21(13-16-28)33-34(5,6)27(2,3)4/h9-11,19-21,23H,7-8,12-18H2,1-6H3. The van der Waals surface area contributed by atoms with Crippen LogP contribution in [0, 0.1) is 0 Å². The van der Waals surface area contributed by atoms with Gasteiger partial charge < -0.3 is 13.7 Å². The molecule has 1 aliphatic carbocycles. The number of halogens is 1. The monoisotopic (exact) mass is 486 g/mol. The molecule has 0 N–H and O–H groups in total. The zero-order valence-electron chi connectivity index (χ0n) is 22.0. The maximum absolute atomic E-state index is 15.9. The minimum Gasteiger partial charge on any atom is -0.493 e. The number of imidazole rings is 1. The van der Waals surface area contributed by atoms with Crippen molar-refractivity contribution in [1.82, 2.24) is 9.55 Å². The van der Waals surface area contributed by atoms with E-state index in [1.54, 1.807) is 0 Å². The van der Waals surface area contributed by atoms with Crippen LogP contribution in [0.25, 0.3) is 11.3 Å². The molecule has 0 radical (unpaired) electrons. The Morgan fingerprint density at radius 3 is 2.62 bits per heavy atom. The molecule has 1 fully saturated rings. The van der Waals surface area contributed by atoms with Gasteiger partial charge in [-0.1, -0.05) is 46.2 Å². The molecule has 1 aromatic heterocycles. The lowest BCUT2D eigenvalue weighted by atomic mass is 9.80. The Morgan fingerprint density at radius 2 is 1.94 bits per heavy atom. The number of benzene rings is 1. The molecule has 0 bridgehead atoms. The molecule has 2 aliphatic rings. The summed E-state index contributed by atoms with van der Waals surface area (Å²) in [5.74, 6) is 0.924. The second kappa shape index (κ2) is 9.77. The van der Waals surface area contributed by atoms with Crippen molar-refractivity contribution in [3.05, 3.63) is 36.3 Å². The first-order valence-corrected chi connectivity index (χ1v) is 16.1. The highest BCUT2D eigenvalue weighted by atomic mass is 28.4. The van der Waals surface area contributed by atoms with Crippen molar-refractivity contribution in [1.29, 1.82) is 0 Å². The Hall–Kier alpha value is -1.66. The van der Waals surface area contributed by atoms with Crippen molar-refractivity contribution >= 4 is 8.32 Å². The van der Waals surface area contributed by atoms with Gasteiger partial charge >= 0.3 is 0 Å². The predicted molar refractivity (Wildman–Crippen MR) is 140 cm³/mol. The minimum absolute atomic E-state index is 0.121. The lowest BCUT2D eigenvalue weighted by molar-refractivity contribution is 0.0302. The summed E-state index contributed by atoms with van der Waals surface area (Å²) in [7, 11) is -1.81. The van der Waals surface area contributed by atoms with Crippen LogP contribution >= 0.6 is 0 Å². The van der Waals surface area contributed by atoms with Crippen molar-refractivity contribution in [3.63, 3.8) is 0 Å². The Labute approximate surface area is 206 Å². The molecule has 0 saturated heterocycles. The fourth-order valence-corrected chi connectivity index (χ4v) is 6.63. The van der Waals surface area contributed by atoms with Gasteiger partial charge in [-0.3, -0.25) is 0 Å². The van der Waals surface area contributed by atoms with E-state index in [0.29, 0.717) is 19.3 Å². The van der Waals surface area contributed by atoms with Gasteiger partial charge in [0.25, 0.3) is 0 Å². The lowest BCUT2D eigenvalue weighted by Crippen LogP contribution is -2.46. The zero-order chi connectivity index (χ0) is 24.6. The summed E-state index contributed by atoms with van der Waals surface area (Å²) in [4.78, 5) is 4.41. The first kappa shape index (κ1) is 25.4. The molecular weight excluding hydrogens is 443 g/mol. The average molecular weight is 487 g/mol. The van der Waals surface area contributed by atoms with E-state index in [4.69, 9.17) is 9.16 Å². The molecule has 1 saturated carbocycles. The summed E-state index contributed by atoms with van der Waals surface area (Å²) in [6.45, 7) is 14.3. The molecule has 2 heterocycles. The normalized spacial score (nSPS) is 24.7. The third-order valence-corrected chi connectivity index (χ3v) is 12.9. The van der Waals surface area contributed by atoms with Crippen LogP contribution in [0.3, 0.4) is 0 Å². The first-order valence-electron chi connectivity index (χ1n) is 13.2. The van der Waals surface area contributed by atoms with E-state index in [9.17, 15) is 0 Å². The van der Waals surface area contributed by atoms with Crippen molar-refractivity contribution in [2.45, 2.75) is 115 Å². The van der Waals surface area contributed by atoms with Crippen molar-refractivity contribution < 1.29 is 13.6 Å². The van der Waals surface area contributed by atoms with Crippen molar-refractivity contribution in [2.75, 3.05) is 6.61 Å². The quantitative estimate of drug-likeness (QED) is 0.265. The van der Waals surface area contributed by atoms with Gasteiger partial charge in [-0.15, -0.1) is 0 Å². The molecule has 0 spiro atoms. The third kappa shape index (κ3) is 5.13. The molecule has 1 aliphatic heterocycles. The number of alkyl halides is 1. The largest absolute Gasteiger partial charge is 0.493 e. The van der Waals surface area contributed by atoms with Gasteiger partial charge in [0.2, 0.25) is 0 Å². The van der Waals surface area contributed by atoms with Gasteiger partial charge in [0.05, 0.1) is 30.9 Å². The Morgan fingerprint density at radius 1 is 1.21 bits per heavy atom. The number of nitrogens with zero attached hydrogens (tertiary/aromatic N) is 2. The van der Waals surface area contributed by atoms with Gasteiger partial charge in [-0.2, -0.15) is 0 Å². The van der Waals surface area contributed by atoms with E-state index in [1.807, 2.05) is 12.5 Å². The van der Waals surface area contributed by atoms with Gasteiger partial charge in [0.1, 0.15) is 11.4 Å². The second-order valence-electron chi connectivity index (χ2n) is 11.9. The molecular formula is C28H43FN2O2Si. The van der Waals surface area contributed by atoms with Crippen LogP contribution < -0.4 is 4.74 Å². The molecule has 1 unspecified atom stereocenters. The van der Waals surface area contributed by atoms with Crippen LogP contribution in [0.1, 0.15) is 90.7 Å². The molecule has 1 aromatic carbocycles. The highest BCUT2D eigenvalue weighted by Gasteiger charge is 2.43. The Bertz CT molecular complexity index is 973. The molecule has 2 aromatic rings. The number of ether oxygens (including phenoxy) is 1. The lowest BCUT2D eigenvalue weighted by Gasteiger charge is -2.42. The van der Waals surface area contributed by atoms with Crippen LogP contribution in [0.4, 0.5) is 4.39 Å². The summed E-state index contributed by atoms with van der Waals surface area (Å²) in [6, 6.07) is 6.42. The molecule has 4 rings (SSSR count). The van der Waals surface area contributed by atoms with E-state index < -0.39 is 14.0 Å². The average Bonchev–Trinajstić information content (AvgIpc) is 3.35. The fraction of sp³-hybridized carbons (Fsp3) is 0.679. The van der Waals surface area contributed by atoms with E-state index in [2.05, 4.69) is 68.5 Å². The summed E-state index contributed by atoms with van der Waals surface area (Å²) in [5, 5.41) is 0.189. The van der Waals surface area contributed by atoms with Crippen LogP contribution in [0.15, 0.2) is 30.7 Å². The summed E-state index contributed by atoms with van der Waals surface area (Å²) < 4.78 is 30.9. The Balaban J connectivity index is 1.41. The van der Waals surface area contributed by atoms with Crippen LogP contribution in [0.2, 0.25) is 18.1 Å². The maximum Gasteiger partial charge on any atom is 0.192 e. The third-order valence-electron chi connectivity index (χ3n) is 8.39. The number of aromatic nitrogens is 2. The summed E-state index contributed by atoms with van der Waals surface area (Å²) >= 11 is 0. The van der Waals surface area contributed by atoms with Crippen LogP contribution in [0.5, 0.6) is 5.75 Å². The number of hydrogen-bond acceptors (Lipinski definition) is 3. The maximum atomic E-state index is 15.9. The molecule has 6 heteroatoms. The van der Waals surface area contributed by atoms with Gasteiger partial charge in [0, 0.05) is 11.7 Å². The SMILES string of the molecule is CCCCOc1cccc2c1-c1cncn1C2CCC1(F)CCC(O[Si](C)(C)C(C)(C)C)CC1. The predicted octanol–water partition coefficient (Wildman–Crippen LogP) is 8.08. The van der Waals surface area contributed by atoms with Crippen LogP contribution in [-0.2, 0) is 4.43 Å². The smallest absolute Gasteiger partial charge is 0.192 e. The molecule has 1 atom stereocenters. The van der Waals surface area contributed by atoms with E-state index >= 15 is 4.39 Å². The number of fused-ring (bicyclic) bond motifs is 3. The highest BCUT2D eigenvalue weighted by molar-refractivity contribution is 6.74. The molecule has 34 heavy (non-hydrogen) atoms. The summed E-state index contributed by atoms with van der Waals surface area (Å²) in [5.41, 5.74) is 2.36. The fourth-order valence-electron chi connectivity index (χ4n) is 5.20. The minimum atomic E-state index is -1.81. The topological polar surface area (TPSA) is 36.3 Å². The van der Waals surface area contributed by atoms with Crippen molar-refractivity contribution in [2.24, 2.45) is 0 Å². The molecule has 188 valence electrons. The second-order valence-corrected chi connectivity index (χ2v) is 16.6. The van der Waals surface area contributed by atoms with E-state index in [-0.39, 0.29) is 17.2 Å². The Kier molecular flexibility index (Phi) is 7.31. The molecule has 4 nitrogen and oxygen atoms in total. The van der Waals surface area contributed by atoms with E-state index in [1.165, 1.54) is 5.56 Å². The number of rotatable bonds is 9. The van der Waals surface area contributed by atoms with Gasteiger partial charge in [0.15, 0.2) is 8.32 Å². The van der Waals surface area contributed by atoms with E-state index in [0.717, 1.165) is 55.7 Å². The highest BCUT2D eigenvalue weighted by Crippen LogP contribution is 2.48. The van der Waals surface area contributed by atoms with Crippen molar-refractivity contribution in [3.8, 4) is 17.0 Å². The zero-order valence-corrected chi connectivity index (χ0v) is 23.0. The van der Waals surface area contributed by atoms with Gasteiger partial charge in [-0.05, 0) is 74.7 Å². The van der Waals surface area contributed by atoms with Crippen LogP contribution in [-0.4, -0.2) is 36.2 Å². The number of hydrogen-bond donors (Lipinski definition) is 0. The molecule has 0 amide bonds. The number of unbranched alkanes of at least 4 members (excludes halogenated alkanes) is 1. The van der Waals surface area contributed by atoms with Gasteiger partial charge in [-0.25, -0.2) is 9.37 Å². The first-order chi connectivity index (χ1) is 16.0. The summed E-state index contributed by atoms with van der Waals surface area (Å²) in [6.07, 6.45) is 10.4.